The van der Waals surface area contributed by atoms with Crippen LogP contribution in [0.15, 0.2) is 24.3 Å². The molecule has 1 aliphatic heterocycles. The summed E-state index contributed by atoms with van der Waals surface area (Å²) in [4.78, 5) is 27.6. The fourth-order valence-electron chi connectivity index (χ4n) is 3.01. The maximum Gasteiger partial charge on any atom is 0.243 e. The van der Waals surface area contributed by atoms with Gasteiger partial charge in [-0.15, -0.1) is 0 Å². The Morgan fingerprint density at radius 3 is 2.38 bits per heavy atom. The molecule has 1 N–H and O–H groups in total. The fraction of sp³-hybridized carbons (Fsp3) is 0.579. The molecule has 0 saturated carbocycles. The lowest BCUT2D eigenvalue weighted by Gasteiger charge is -2.32. The first-order valence-corrected chi connectivity index (χ1v) is 8.90. The van der Waals surface area contributed by atoms with Crippen molar-refractivity contribution in [2.45, 2.75) is 40.0 Å². The van der Waals surface area contributed by atoms with Gasteiger partial charge in [0.1, 0.15) is 0 Å². The highest BCUT2D eigenvalue weighted by atomic mass is 16.2. The summed E-state index contributed by atoms with van der Waals surface area (Å²) in [5.74, 6) is 0.590. The van der Waals surface area contributed by atoms with Crippen LogP contribution in [0.5, 0.6) is 0 Å². The van der Waals surface area contributed by atoms with E-state index in [0.29, 0.717) is 6.54 Å². The largest absolute Gasteiger partial charge is 0.372 e. The van der Waals surface area contributed by atoms with E-state index in [1.54, 1.807) is 4.90 Å². The summed E-state index contributed by atoms with van der Waals surface area (Å²) in [6.07, 6.45) is 3.31. The van der Waals surface area contributed by atoms with Gasteiger partial charge in [0.05, 0.1) is 6.54 Å². The molecule has 0 aromatic heterocycles. The number of amides is 2. The van der Waals surface area contributed by atoms with Gasteiger partial charge in [0.25, 0.3) is 0 Å². The van der Waals surface area contributed by atoms with Crippen molar-refractivity contribution < 1.29 is 9.59 Å². The van der Waals surface area contributed by atoms with Gasteiger partial charge in [-0.3, -0.25) is 9.59 Å². The van der Waals surface area contributed by atoms with E-state index in [9.17, 15) is 9.59 Å². The molecule has 1 aromatic rings. The molecule has 2 rings (SSSR count). The monoisotopic (exact) mass is 331 g/mol. The van der Waals surface area contributed by atoms with Crippen LogP contribution in [-0.2, 0) is 9.59 Å². The fourth-order valence-corrected chi connectivity index (χ4v) is 3.01. The molecule has 5 nitrogen and oxygen atoms in total. The summed E-state index contributed by atoms with van der Waals surface area (Å²) < 4.78 is 0. The molecular formula is C19H29N3O2. The van der Waals surface area contributed by atoms with Crippen molar-refractivity contribution in [3.05, 3.63) is 24.3 Å². The van der Waals surface area contributed by atoms with Gasteiger partial charge in [0.2, 0.25) is 11.8 Å². The normalized spacial score (nSPS) is 15.2. The third kappa shape index (κ3) is 5.25. The van der Waals surface area contributed by atoms with E-state index in [0.717, 1.165) is 31.1 Å². The van der Waals surface area contributed by atoms with E-state index in [-0.39, 0.29) is 18.4 Å². The maximum absolute atomic E-state index is 12.1. The Hall–Kier alpha value is -2.04. The molecule has 0 atom stereocenters. The van der Waals surface area contributed by atoms with E-state index >= 15 is 0 Å². The van der Waals surface area contributed by atoms with Crippen LogP contribution in [0.2, 0.25) is 0 Å². The molecular weight excluding hydrogens is 302 g/mol. The average Bonchev–Trinajstić information content (AvgIpc) is 2.56. The summed E-state index contributed by atoms with van der Waals surface area (Å²) in [7, 11) is 0. The number of carbonyl (C=O) groups is 2. The standard InChI is InChI=1S/C19H29N3O2/c1-4-11-22(16(3)23)14-19(24)20-17-5-7-18(8-6-17)21-12-9-15(2)10-13-21/h5-8,15H,4,9-14H2,1-3H3,(H,20,24). The molecule has 1 aromatic carbocycles. The minimum absolute atomic E-state index is 0.0679. The Bertz CT molecular complexity index is 548. The van der Waals surface area contributed by atoms with Crippen molar-refractivity contribution in [2.75, 3.05) is 36.4 Å². The SMILES string of the molecule is CCCN(CC(=O)Nc1ccc(N2CCC(C)CC2)cc1)C(C)=O. The van der Waals surface area contributed by atoms with Gasteiger partial charge in [-0.1, -0.05) is 13.8 Å². The first-order chi connectivity index (χ1) is 11.5. The van der Waals surface area contributed by atoms with Gasteiger partial charge in [-0.2, -0.15) is 0 Å². The van der Waals surface area contributed by atoms with E-state index in [1.165, 1.54) is 25.5 Å². The molecule has 0 spiro atoms. The molecule has 1 fully saturated rings. The highest BCUT2D eigenvalue weighted by molar-refractivity contribution is 5.94. The van der Waals surface area contributed by atoms with Crippen LogP contribution >= 0.6 is 0 Å². The van der Waals surface area contributed by atoms with Gasteiger partial charge in [0, 0.05) is 37.9 Å². The predicted molar refractivity (Wildman–Crippen MR) is 98.2 cm³/mol. The maximum atomic E-state index is 12.1. The molecule has 1 heterocycles. The minimum atomic E-state index is -0.154. The van der Waals surface area contributed by atoms with E-state index in [4.69, 9.17) is 0 Å². The first kappa shape index (κ1) is 18.3. The Kier molecular flexibility index (Phi) is 6.64. The summed E-state index contributed by atoms with van der Waals surface area (Å²) in [6.45, 7) is 8.70. The van der Waals surface area contributed by atoms with Crippen molar-refractivity contribution in [3.8, 4) is 0 Å². The summed E-state index contributed by atoms with van der Waals surface area (Å²) >= 11 is 0. The van der Waals surface area contributed by atoms with Gasteiger partial charge >= 0.3 is 0 Å². The number of rotatable bonds is 6. The number of piperidine rings is 1. The summed E-state index contributed by atoms with van der Waals surface area (Å²) in [5, 5.41) is 2.87. The lowest BCUT2D eigenvalue weighted by Crippen LogP contribution is -2.37. The lowest BCUT2D eigenvalue weighted by atomic mass is 9.99. The molecule has 24 heavy (non-hydrogen) atoms. The molecule has 0 bridgehead atoms. The van der Waals surface area contributed by atoms with Crippen LogP contribution in [0.3, 0.4) is 0 Å². The van der Waals surface area contributed by atoms with Crippen molar-refractivity contribution >= 4 is 23.2 Å². The van der Waals surface area contributed by atoms with Crippen LogP contribution in [0.4, 0.5) is 11.4 Å². The van der Waals surface area contributed by atoms with Crippen LogP contribution in [0.25, 0.3) is 0 Å². The summed E-state index contributed by atoms with van der Waals surface area (Å²) in [5.41, 5.74) is 1.98. The van der Waals surface area contributed by atoms with Gasteiger partial charge in [-0.25, -0.2) is 0 Å². The third-order valence-corrected chi connectivity index (χ3v) is 4.57. The molecule has 0 radical (unpaired) electrons. The topological polar surface area (TPSA) is 52.7 Å². The lowest BCUT2D eigenvalue weighted by molar-refractivity contribution is -0.132. The Morgan fingerprint density at radius 1 is 1.21 bits per heavy atom. The smallest absolute Gasteiger partial charge is 0.243 e. The van der Waals surface area contributed by atoms with Gasteiger partial charge < -0.3 is 15.1 Å². The van der Waals surface area contributed by atoms with Crippen molar-refractivity contribution in [1.29, 1.82) is 0 Å². The molecule has 5 heteroatoms. The van der Waals surface area contributed by atoms with Crippen molar-refractivity contribution in [2.24, 2.45) is 5.92 Å². The second-order valence-corrected chi connectivity index (χ2v) is 6.71. The number of nitrogens with one attached hydrogen (secondary N) is 1. The van der Waals surface area contributed by atoms with E-state index in [2.05, 4.69) is 29.3 Å². The average molecular weight is 331 g/mol. The number of nitrogens with zero attached hydrogens (tertiary/aromatic N) is 2. The molecule has 1 saturated heterocycles. The summed E-state index contributed by atoms with van der Waals surface area (Å²) in [6, 6.07) is 7.98. The van der Waals surface area contributed by atoms with Crippen LogP contribution in [-0.4, -0.2) is 42.9 Å². The molecule has 0 unspecified atom stereocenters. The number of hydrogen-bond acceptors (Lipinski definition) is 3. The van der Waals surface area contributed by atoms with Gasteiger partial charge in [-0.05, 0) is 49.4 Å². The minimum Gasteiger partial charge on any atom is -0.372 e. The molecule has 1 aliphatic rings. The van der Waals surface area contributed by atoms with E-state index in [1.807, 2.05) is 19.1 Å². The third-order valence-electron chi connectivity index (χ3n) is 4.57. The zero-order valence-corrected chi connectivity index (χ0v) is 15.0. The zero-order chi connectivity index (χ0) is 17.5. The number of benzene rings is 1. The van der Waals surface area contributed by atoms with Crippen molar-refractivity contribution in [3.63, 3.8) is 0 Å². The molecule has 132 valence electrons. The predicted octanol–water partition coefficient (Wildman–Crippen LogP) is 3.12. The Balaban J connectivity index is 1.89. The van der Waals surface area contributed by atoms with Crippen LogP contribution < -0.4 is 10.2 Å². The van der Waals surface area contributed by atoms with Crippen LogP contribution in [0.1, 0.15) is 40.0 Å². The van der Waals surface area contributed by atoms with E-state index < -0.39 is 0 Å². The first-order valence-electron chi connectivity index (χ1n) is 8.90. The highest BCUT2D eigenvalue weighted by Crippen LogP contribution is 2.24. The van der Waals surface area contributed by atoms with Crippen molar-refractivity contribution in [1.82, 2.24) is 4.90 Å². The molecule has 0 aliphatic carbocycles. The number of anilines is 2. The number of hydrogen-bond donors (Lipinski definition) is 1. The second-order valence-electron chi connectivity index (χ2n) is 6.71. The van der Waals surface area contributed by atoms with Crippen LogP contribution in [0, 0.1) is 5.92 Å². The Morgan fingerprint density at radius 2 is 1.83 bits per heavy atom. The quantitative estimate of drug-likeness (QED) is 0.871. The molecule has 2 amide bonds. The second kappa shape index (κ2) is 8.71. The highest BCUT2D eigenvalue weighted by Gasteiger charge is 2.16. The zero-order valence-electron chi connectivity index (χ0n) is 15.0. The van der Waals surface area contributed by atoms with Gasteiger partial charge in [0.15, 0.2) is 0 Å². The Labute approximate surface area is 145 Å². The number of carbonyl (C=O) groups excluding carboxylic acids is 2.